The number of thioether (sulfide) groups is 1. The van der Waals surface area contributed by atoms with Crippen molar-refractivity contribution in [1.82, 2.24) is 23.6 Å². The van der Waals surface area contributed by atoms with Gasteiger partial charge in [0.05, 0.1) is 35.0 Å². The van der Waals surface area contributed by atoms with Crippen LogP contribution in [0.1, 0.15) is 5.76 Å². The first-order valence-corrected chi connectivity index (χ1v) is 9.24. The van der Waals surface area contributed by atoms with Gasteiger partial charge in [0.25, 0.3) is 0 Å². The number of hydrogen-bond donors (Lipinski definition) is 2. The number of aromatic nitrogens is 5. The number of aryl methyl sites for hydroxylation is 1. The van der Waals surface area contributed by atoms with Crippen LogP contribution in [-0.2, 0) is 4.79 Å². The van der Waals surface area contributed by atoms with E-state index >= 15 is 0 Å². The number of nitrogens with zero attached hydrogens (tertiary/aromatic N) is 5. The minimum Gasteiger partial charge on any atom is -0.469 e. The maximum absolute atomic E-state index is 12.3. The van der Waals surface area contributed by atoms with Gasteiger partial charge >= 0.3 is 0 Å². The standard InChI is InChI=1S/C15H13N7O2S2/c1-8-9(5-6-24-8)14-18-19-15(22(14)16)25-7-12(23)17-10-3-2-4-11-13(10)21-26-20-11/h2-6H,7,16H2,1H3,(H,17,23). The Hall–Kier alpha value is -2.92. The quantitative estimate of drug-likeness (QED) is 0.395. The van der Waals surface area contributed by atoms with E-state index in [1.165, 1.54) is 16.4 Å². The van der Waals surface area contributed by atoms with E-state index in [1.54, 1.807) is 18.4 Å². The van der Waals surface area contributed by atoms with Crippen molar-refractivity contribution in [2.45, 2.75) is 12.1 Å². The first-order chi connectivity index (χ1) is 12.6. The summed E-state index contributed by atoms with van der Waals surface area (Å²) in [6.45, 7) is 1.82. The van der Waals surface area contributed by atoms with E-state index in [0.29, 0.717) is 27.9 Å². The number of furan rings is 1. The predicted molar refractivity (Wildman–Crippen MR) is 99.4 cm³/mol. The number of benzene rings is 1. The highest BCUT2D eigenvalue weighted by Crippen LogP contribution is 2.25. The Morgan fingerprint density at radius 3 is 3.04 bits per heavy atom. The molecule has 11 heteroatoms. The fraction of sp³-hybridized carbons (Fsp3) is 0.133. The summed E-state index contributed by atoms with van der Waals surface area (Å²) in [7, 11) is 0. The van der Waals surface area contributed by atoms with Crippen LogP contribution in [0, 0.1) is 6.92 Å². The van der Waals surface area contributed by atoms with Crippen LogP contribution < -0.4 is 11.2 Å². The SMILES string of the molecule is Cc1occc1-c1nnc(SCC(=O)Nc2cccc3nsnc23)n1N. The van der Waals surface area contributed by atoms with Gasteiger partial charge in [-0.3, -0.25) is 4.79 Å². The summed E-state index contributed by atoms with van der Waals surface area (Å²) < 4.78 is 15.0. The number of rotatable bonds is 5. The van der Waals surface area contributed by atoms with E-state index in [1.807, 2.05) is 19.1 Å². The Balaban J connectivity index is 1.45. The van der Waals surface area contributed by atoms with E-state index in [4.69, 9.17) is 10.3 Å². The fourth-order valence-corrected chi connectivity index (χ4v) is 3.61. The summed E-state index contributed by atoms with van der Waals surface area (Å²) in [4.78, 5) is 12.3. The Labute approximate surface area is 155 Å². The van der Waals surface area contributed by atoms with Crippen LogP contribution in [0.4, 0.5) is 5.69 Å². The molecule has 0 bridgehead atoms. The number of carbonyl (C=O) groups excluding carboxylic acids is 1. The first-order valence-electron chi connectivity index (χ1n) is 7.52. The molecule has 1 aromatic carbocycles. The Morgan fingerprint density at radius 1 is 1.35 bits per heavy atom. The third-order valence-electron chi connectivity index (χ3n) is 3.66. The zero-order valence-corrected chi connectivity index (χ0v) is 15.2. The van der Waals surface area contributed by atoms with Crippen molar-refractivity contribution >= 4 is 46.1 Å². The summed E-state index contributed by atoms with van der Waals surface area (Å²) in [5.74, 6) is 7.16. The lowest BCUT2D eigenvalue weighted by Gasteiger charge is -2.05. The van der Waals surface area contributed by atoms with Crippen LogP contribution >= 0.6 is 23.5 Å². The van der Waals surface area contributed by atoms with Gasteiger partial charge in [0.2, 0.25) is 11.1 Å². The van der Waals surface area contributed by atoms with Gasteiger partial charge in [-0.15, -0.1) is 10.2 Å². The number of fused-ring (bicyclic) bond motifs is 1. The van der Waals surface area contributed by atoms with Gasteiger partial charge < -0.3 is 15.6 Å². The second-order valence-corrected chi connectivity index (χ2v) is 6.81. The van der Waals surface area contributed by atoms with Crippen molar-refractivity contribution in [2.24, 2.45) is 0 Å². The lowest BCUT2D eigenvalue weighted by molar-refractivity contribution is -0.113. The molecule has 3 heterocycles. The average molecular weight is 387 g/mol. The topological polar surface area (TPSA) is 125 Å². The number of hydrogen-bond acceptors (Lipinski definition) is 9. The van der Waals surface area contributed by atoms with Gasteiger partial charge in [0, 0.05) is 0 Å². The lowest BCUT2D eigenvalue weighted by atomic mass is 10.2. The van der Waals surface area contributed by atoms with Crippen molar-refractivity contribution in [1.29, 1.82) is 0 Å². The van der Waals surface area contributed by atoms with Crippen LogP contribution in [0.3, 0.4) is 0 Å². The summed E-state index contributed by atoms with van der Waals surface area (Å²) in [6.07, 6.45) is 1.56. The van der Waals surface area contributed by atoms with Crippen LogP contribution in [0.5, 0.6) is 0 Å². The molecule has 0 fully saturated rings. The number of amides is 1. The normalized spacial score (nSPS) is 11.1. The number of nitrogens with one attached hydrogen (secondary N) is 1. The Morgan fingerprint density at radius 2 is 2.23 bits per heavy atom. The molecule has 0 radical (unpaired) electrons. The monoisotopic (exact) mass is 387 g/mol. The van der Waals surface area contributed by atoms with Gasteiger partial charge in [0.15, 0.2) is 5.82 Å². The number of nitrogens with two attached hydrogens (primary N) is 1. The molecule has 1 amide bonds. The largest absolute Gasteiger partial charge is 0.469 e. The zero-order valence-electron chi connectivity index (χ0n) is 13.5. The molecule has 0 saturated carbocycles. The summed E-state index contributed by atoms with van der Waals surface area (Å²) in [6, 6.07) is 7.23. The molecular formula is C15H13N7O2S2. The molecule has 0 unspecified atom stereocenters. The van der Waals surface area contributed by atoms with E-state index in [9.17, 15) is 4.79 Å². The first kappa shape index (κ1) is 16.5. The zero-order chi connectivity index (χ0) is 18.1. The van der Waals surface area contributed by atoms with Gasteiger partial charge in [0.1, 0.15) is 16.8 Å². The van der Waals surface area contributed by atoms with Crippen molar-refractivity contribution in [2.75, 3.05) is 16.9 Å². The maximum atomic E-state index is 12.3. The second-order valence-electron chi connectivity index (χ2n) is 5.34. The van der Waals surface area contributed by atoms with Gasteiger partial charge in [-0.25, -0.2) is 4.68 Å². The highest BCUT2D eigenvalue weighted by molar-refractivity contribution is 7.99. The van der Waals surface area contributed by atoms with Crippen molar-refractivity contribution < 1.29 is 9.21 Å². The van der Waals surface area contributed by atoms with Crippen LogP contribution in [0.15, 0.2) is 40.1 Å². The van der Waals surface area contributed by atoms with E-state index in [2.05, 4.69) is 24.3 Å². The minimum atomic E-state index is -0.195. The van der Waals surface area contributed by atoms with Crippen LogP contribution in [-0.4, -0.2) is 35.3 Å². The van der Waals surface area contributed by atoms with Crippen LogP contribution in [0.2, 0.25) is 0 Å². The fourth-order valence-electron chi connectivity index (χ4n) is 2.40. The molecule has 0 spiro atoms. The van der Waals surface area contributed by atoms with Crippen LogP contribution in [0.25, 0.3) is 22.4 Å². The molecule has 4 rings (SSSR count). The van der Waals surface area contributed by atoms with E-state index < -0.39 is 0 Å². The number of anilines is 1. The van der Waals surface area contributed by atoms with Crippen molar-refractivity contribution in [3.05, 3.63) is 36.3 Å². The molecule has 3 N–H and O–H groups in total. The van der Waals surface area contributed by atoms with E-state index in [0.717, 1.165) is 22.8 Å². The lowest BCUT2D eigenvalue weighted by Crippen LogP contribution is -2.16. The molecule has 3 aromatic heterocycles. The predicted octanol–water partition coefficient (Wildman–Crippen LogP) is 2.30. The van der Waals surface area contributed by atoms with Gasteiger partial charge in [-0.05, 0) is 25.1 Å². The number of carbonyl (C=O) groups is 1. The van der Waals surface area contributed by atoms with E-state index in [-0.39, 0.29) is 11.7 Å². The summed E-state index contributed by atoms with van der Waals surface area (Å²) in [5, 5.41) is 11.4. The Bertz CT molecular complexity index is 1080. The van der Waals surface area contributed by atoms with Crippen molar-refractivity contribution in [3.63, 3.8) is 0 Å². The average Bonchev–Trinajstić information content (AvgIpc) is 3.34. The minimum absolute atomic E-state index is 0.133. The molecule has 9 nitrogen and oxygen atoms in total. The maximum Gasteiger partial charge on any atom is 0.234 e. The molecule has 0 atom stereocenters. The molecule has 26 heavy (non-hydrogen) atoms. The molecule has 132 valence electrons. The molecule has 0 saturated heterocycles. The van der Waals surface area contributed by atoms with Gasteiger partial charge in [-0.2, -0.15) is 8.75 Å². The van der Waals surface area contributed by atoms with Gasteiger partial charge in [-0.1, -0.05) is 17.8 Å². The third-order valence-corrected chi connectivity index (χ3v) is 5.14. The number of nitrogen functional groups attached to an aromatic ring is 1. The molecule has 0 aliphatic heterocycles. The Kier molecular flexibility index (Phi) is 4.31. The summed E-state index contributed by atoms with van der Waals surface area (Å²) in [5.41, 5.74) is 2.82. The molecule has 0 aliphatic rings. The second kappa shape index (κ2) is 6.77. The third kappa shape index (κ3) is 3.02. The highest BCUT2D eigenvalue weighted by atomic mass is 32.2. The van der Waals surface area contributed by atoms with Crippen molar-refractivity contribution in [3.8, 4) is 11.4 Å². The smallest absolute Gasteiger partial charge is 0.234 e. The highest BCUT2D eigenvalue weighted by Gasteiger charge is 2.17. The molecule has 0 aliphatic carbocycles. The molecule has 4 aromatic rings. The molecular weight excluding hydrogens is 374 g/mol. The summed E-state index contributed by atoms with van der Waals surface area (Å²) >= 11 is 2.30.